The van der Waals surface area contributed by atoms with Crippen molar-refractivity contribution in [3.8, 4) is 6.07 Å². The van der Waals surface area contributed by atoms with Gasteiger partial charge in [-0.05, 0) is 75.5 Å². The van der Waals surface area contributed by atoms with Crippen molar-refractivity contribution >= 4 is 0 Å². The smallest absolute Gasteiger partial charge is 0.0692 e. The molecule has 2 aliphatic carbocycles. The Bertz CT molecular complexity index is 428. The second-order valence-corrected chi connectivity index (χ2v) is 9.16. The van der Waals surface area contributed by atoms with E-state index >= 15 is 0 Å². The summed E-state index contributed by atoms with van der Waals surface area (Å²) in [5, 5.41) is 10.1. The molecule has 1 unspecified atom stereocenters. The van der Waals surface area contributed by atoms with Gasteiger partial charge in [0.1, 0.15) is 0 Å². The van der Waals surface area contributed by atoms with Gasteiger partial charge in [-0.15, -0.1) is 0 Å². The van der Waals surface area contributed by atoms with Crippen LogP contribution in [0.4, 0.5) is 0 Å². The molecule has 0 aliphatic heterocycles. The van der Waals surface area contributed by atoms with Crippen LogP contribution in [0.2, 0.25) is 0 Å². The van der Waals surface area contributed by atoms with Gasteiger partial charge in [0.15, 0.2) is 0 Å². The van der Waals surface area contributed by atoms with Crippen LogP contribution in [0.5, 0.6) is 0 Å². The normalized spacial score (nSPS) is 31.0. The quantitative estimate of drug-likeness (QED) is 0.362. The molecular formula is C24H43NO. The molecule has 0 spiro atoms. The summed E-state index contributed by atoms with van der Waals surface area (Å²) in [6.45, 7) is 7.71. The second-order valence-electron chi connectivity index (χ2n) is 9.16. The van der Waals surface area contributed by atoms with E-state index in [0.717, 1.165) is 37.7 Å². The van der Waals surface area contributed by atoms with Gasteiger partial charge in [0.25, 0.3) is 0 Å². The fourth-order valence-electron chi connectivity index (χ4n) is 5.77. The van der Waals surface area contributed by atoms with Crippen LogP contribution >= 0.6 is 0 Å². The van der Waals surface area contributed by atoms with Crippen LogP contribution in [0.1, 0.15) is 111 Å². The molecule has 150 valence electrons. The first-order valence-electron chi connectivity index (χ1n) is 11.7. The summed E-state index contributed by atoms with van der Waals surface area (Å²) >= 11 is 0. The lowest BCUT2D eigenvalue weighted by atomic mass is 9.58. The highest BCUT2D eigenvalue weighted by Crippen LogP contribution is 2.51. The first-order chi connectivity index (χ1) is 12.7. The van der Waals surface area contributed by atoms with Gasteiger partial charge in [0.05, 0.1) is 17.6 Å². The summed E-state index contributed by atoms with van der Waals surface area (Å²) in [6.07, 6.45) is 17.9. The maximum Gasteiger partial charge on any atom is 0.0692 e. The largest absolute Gasteiger partial charge is 0.378 e. The molecule has 2 nitrogen and oxygen atoms in total. The summed E-state index contributed by atoms with van der Waals surface area (Å²) in [5.74, 6) is 2.36. The van der Waals surface area contributed by atoms with E-state index in [1.165, 1.54) is 70.6 Å². The Morgan fingerprint density at radius 3 is 2.27 bits per heavy atom. The van der Waals surface area contributed by atoms with Crippen molar-refractivity contribution in [3.05, 3.63) is 0 Å². The molecule has 2 fully saturated rings. The van der Waals surface area contributed by atoms with Gasteiger partial charge in [-0.25, -0.2) is 0 Å². The molecule has 2 aliphatic rings. The lowest BCUT2D eigenvalue weighted by Crippen LogP contribution is -2.40. The van der Waals surface area contributed by atoms with Crippen LogP contribution in [0, 0.1) is 34.5 Å². The zero-order valence-electron chi connectivity index (χ0n) is 17.8. The van der Waals surface area contributed by atoms with Crippen molar-refractivity contribution in [2.75, 3.05) is 6.61 Å². The third kappa shape index (κ3) is 5.72. The number of hydrogen-bond acceptors (Lipinski definition) is 2. The maximum absolute atomic E-state index is 10.1. The topological polar surface area (TPSA) is 33.0 Å². The molecular weight excluding hydrogens is 318 g/mol. The molecule has 0 aromatic carbocycles. The van der Waals surface area contributed by atoms with Crippen LogP contribution in [0.3, 0.4) is 0 Å². The number of fused-ring (bicyclic) bond motifs is 1. The molecule has 0 bridgehead atoms. The van der Waals surface area contributed by atoms with Gasteiger partial charge >= 0.3 is 0 Å². The predicted molar refractivity (Wildman–Crippen MR) is 110 cm³/mol. The molecule has 0 aromatic heterocycles. The molecule has 0 N–H and O–H groups in total. The first kappa shape index (κ1) is 21.7. The maximum atomic E-state index is 10.1. The van der Waals surface area contributed by atoms with E-state index in [-0.39, 0.29) is 5.41 Å². The van der Waals surface area contributed by atoms with Crippen molar-refractivity contribution in [2.45, 2.75) is 117 Å². The van der Waals surface area contributed by atoms with E-state index in [0.29, 0.717) is 12.0 Å². The number of nitriles is 1. The van der Waals surface area contributed by atoms with E-state index in [1.807, 2.05) is 0 Å². The third-order valence-corrected chi connectivity index (χ3v) is 7.34. The van der Waals surface area contributed by atoms with Gasteiger partial charge in [0, 0.05) is 6.61 Å². The molecule has 0 aromatic rings. The molecule has 2 heteroatoms. The zero-order valence-corrected chi connectivity index (χ0v) is 17.8. The summed E-state index contributed by atoms with van der Waals surface area (Å²) < 4.78 is 6.14. The minimum absolute atomic E-state index is 0.0383. The molecule has 0 saturated heterocycles. The fourth-order valence-corrected chi connectivity index (χ4v) is 5.77. The standard InChI is InChI=1S/C24H43NO/c1-4-7-9-15-24(19-25,14-6-3)22-12-10-21-18-23(26-16-8-5-2)13-11-20(21)17-22/h20-23H,4-18H2,1-3H3/t20-,21-,22+,23-,24?/m0/s1. The van der Waals surface area contributed by atoms with Crippen molar-refractivity contribution in [2.24, 2.45) is 23.2 Å². The average Bonchev–Trinajstić information content (AvgIpc) is 2.67. The Hall–Kier alpha value is -0.550. The molecule has 26 heavy (non-hydrogen) atoms. The van der Waals surface area contributed by atoms with Crippen LogP contribution in [0.25, 0.3) is 0 Å². The van der Waals surface area contributed by atoms with Gasteiger partial charge in [-0.1, -0.05) is 52.9 Å². The van der Waals surface area contributed by atoms with Crippen molar-refractivity contribution < 1.29 is 4.74 Å². The van der Waals surface area contributed by atoms with Gasteiger partial charge < -0.3 is 4.74 Å². The minimum atomic E-state index is -0.0383. The third-order valence-electron chi connectivity index (χ3n) is 7.34. The van der Waals surface area contributed by atoms with Gasteiger partial charge in [0.2, 0.25) is 0 Å². The van der Waals surface area contributed by atoms with E-state index in [2.05, 4.69) is 26.8 Å². The number of unbranched alkanes of at least 4 members (excludes halogenated alkanes) is 3. The van der Waals surface area contributed by atoms with Crippen molar-refractivity contribution in [1.29, 1.82) is 5.26 Å². The highest BCUT2D eigenvalue weighted by atomic mass is 16.5. The molecule has 0 heterocycles. The summed E-state index contributed by atoms with van der Waals surface area (Å²) in [7, 11) is 0. The Morgan fingerprint density at radius 1 is 0.846 bits per heavy atom. The number of rotatable bonds is 11. The Morgan fingerprint density at radius 2 is 1.58 bits per heavy atom. The first-order valence-corrected chi connectivity index (χ1v) is 11.7. The SMILES string of the molecule is CCCCCC(C#N)(CCC)[C@@H]1CC[C@H]2C[C@@H](OCCCC)CC[C@H]2C1. The zero-order chi connectivity index (χ0) is 18.8. The minimum Gasteiger partial charge on any atom is -0.378 e. The molecule has 0 amide bonds. The van der Waals surface area contributed by atoms with E-state index in [9.17, 15) is 5.26 Å². The highest BCUT2D eigenvalue weighted by Gasteiger charge is 2.44. The summed E-state index contributed by atoms with van der Waals surface area (Å²) in [6, 6.07) is 2.86. The van der Waals surface area contributed by atoms with Crippen molar-refractivity contribution in [1.82, 2.24) is 0 Å². The Kier molecular flexibility index (Phi) is 9.48. The molecule has 2 saturated carbocycles. The number of nitrogens with zero attached hydrogens (tertiary/aromatic N) is 1. The molecule has 2 rings (SSSR count). The Labute approximate surface area is 163 Å². The van der Waals surface area contributed by atoms with Gasteiger partial charge in [-0.2, -0.15) is 5.26 Å². The summed E-state index contributed by atoms with van der Waals surface area (Å²) in [4.78, 5) is 0. The van der Waals surface area contributed by atoms with Crippen LogP contribution in [0.15, 0.2) is 0 Å². The molecule has 0 radical (unpaired) electrons. The summed E-state index contributed by atoms with van der Waals surface area (Å²) in [5.41, 5.74) is -0.0383. The van der Waals surface area contributed by atoms with Crippen LogP contribution in [-0.2, 0) is 4.74 Å². The van der Waals surface area contributed by atoms with Gasteiger partial charge in [-0.3, -0.25) is 0 Å². The van der Waals surface area contributed by atoms with Crippen molar-refractivity contribution in [3.63, 3.8) is 0 Å². The lowest BCUT2D eigenvalue weighted by molar-refractivity contribution is -0.0300. The monoisotopic (exact) mass is 361 g/mol. The average molecular weight is 362 g/mol. The van der Waals surface area contributed by atoms with E-state index in [1.54, 1.807) is 0 Å². The second kappa shape index (κ2) is 11.3. The molecule has 5 atom stereocenters. The fraction of sp³-hybridized carbons (Fsp3) is 0.958. The number of hydrogen-bond donors (Lipinski definition) is 0. The highest BCUT2D eigenvalue weighted by molar-refractivity contribution is 5.05. The van der Waals surface area contributed by atoms with E-state index in [4.69, 9.17) is 4.74 Å². The number of ether oxygens (including phenoxy) is 1. The predicted octanol–water partition coefficient (Wildman–Crippen LogP) is 7.28. The van der Waals surface area contributed by atoms with Crippen LogP contribution < -0.4 is 0 Å². The van der Waals surface area contributed by atoms with E-state index < -0.39 is 0 Å². The lowest BCUT2D eigenvalue weighted by Gasteiger charge is -2.46. The Balaban J connectivity index is 1.92. The van der Waals surface area contributed by atoms with Crippen LogP contribution in [-0.4, -0.2) is 12.7 Å².